The maximum absolute atomic E-state index is 12.3. The summed E-state index contributed by atoms with van der Waals surface area (Å²) in [5.41, 5.74) is 0. The predicted octanol–water partition coefficient (Wildman–Crippen LogP) is 3.47. The predicted molar refractivity (Wildman–Crippen MR) is 82.6 cm³/mol. The molecule has 1 fully saturated rings. The summed E-state index contributed by atoms with van der Waals surface area (Å²) in [4.78, 5) is 14.0. The van der Waals surface area contributed by atoms with E-state index in [1.165, 1.54) is 11.3 Å². The number of carbonyl (C=O) groups is 1. The second-order valence-corrected chi connectivity index (χ2v) is 6.54. The van der Waals surface area contributed by atoms with E-state index in [4.69, 9.17) is 9.15 Å². The number of nitrogens with one attached hydrogen (secondary N) is 1. The molecule has 0 unspecified atom stereocenters. The van der Waals surface area contributed by atoms with Gasteiger partial charge in [0.15, 0.2) is 0 Å². The molecule has 21 heavy (non-hydrogen) atoms. The molecule has 3 heterocycles. The lowest BCUT2D eigenvalue weighted by molar-refractivity contribution is 0.0926. The summed E-state index contributed by atoms with van der Waals surface area (Å²) in [5, 5.41) is 3.07. The average Bonchev–Trinajstić information content (AvgIpc) is 3.19. The van der Waals surface area contributed by atoms with Gasteiger partial charge in [-0.15, -0.1) is 11.3 Å². The zero-order valence-electron chi connectivity index (χ0n) is 12.2. The zero-order valence-corrected chi connectivity index (χ0v) is 13.0. The van der Waals surface area contributed by atoms with E-state index in [-0.39, 0.29) is 11.9 Å². The highest BCUT2D eigenvalue weighted by Gasteiger charge is 2.24. The van der Waals surface area contributed by atoms with Gasteiger partial charge in [0, 0.05) is 18.6 Å². The van der Waals surface area contributed by atoms with Crippen molar-refractivity contribution in [3.8, 4) is 10.6 Å². The van der Waals surface area contributed by atoms with E-state index >= 15 is 0 Å². The van der Waals surface area contributed by atoms with Gasteiger partial charge < -0.3 is 14.5 Å². The molecule has 1 N–H and O–H groups in total. The number of amides is 1. The first-order valence-corrected chi connectivity index (χ1v) is 8.00. The van der Waals surface area contributed by atoms with E-state index in [0.717, 1.165) is 36.0 Å². The molecule has 0 aromatic carbocycles. The van der Waals surface area contributed by atoms with Gasteiger partial charge in [-0.3, -0.25) is 4.79 Å². The van der Waals surface area contributed by atoms with Crippen LogP contribution in [0.2, 0.25) is 0 Å². The van der Waals surface area contributed by atoms with Crippen molar-refractivity contribution >= 4 is 17.2 Å². The summed E-state index contributed by atoms with van der Waals surface area (Å²) >= 11 is 1.45. The van der Waals surface area contributed by atoms with Gasteiger partial charge in [0.25, 0.3) is 5.91 Å². The van der Waals surface area contributed by atoms with Crippen LogP contribution in [0.25, 0.3) is 10.6 Å². The first-order valence-electron chi connectivity index (χ1n) is 7.19. The van der Waals surface area contributed by atoms with Crippen molar-refractivity contribution in [3.05, 3.63) is 34.9 Å². The number of furan rings is 1. The van der Waals surface area contributed by atoms with Crippen LogP contribution in [0.5, 0.6) is 0 Å². The molecule has 0 aliphatic carbocycles. The number of thiophene rings is 1. The summed E-state index contributed by atoms with van der Waals surface area (Å²) in [6.07, 6.45) is 1.02. The minimum absolute atomic E-state index is 0.0195. The average molecular weight is 305 g/mol. The van der Waals surface area contributed by atoms with Crippen LogP contribution in [0.15, 0.2) is 28.7 Å². The third-order valence-corrected chi connectivity index (χ3v) is 4.94. The SMILES string of the molecule is Cc1ccc(-c2ccc(C(=O)N[C@H](C)[C@@H]3CCOC3)s2)o1. The largest absolute Gasteiger partial charge is 0.461 e. The van der Waals surface area contributed by atoms with Crippen LogP contribution in [0, 0.1) is 12.8 Å². The number of aryl methyl sites for hydroxylation is 1. The highest BCUT2D eigenvalue weighted by Crippen LogP contribution is 2.29. The van der Waals surface area contributed by atoms with Gasteiger partial charge in [-0.1, -0.05) is 0 Å². The Morgan fingerprint density at radius 2 is 2.24 bits per heavy atom. The maximum Gasteiger partial charge on any atom is 0.261 e. The molecule has 2 atom stereocenters. The molecule has 1 amide bonds. The molecule has 1 aliphatic rings. The highest BCUT2D eigenvalue weighted by molar-refractivity contribution is 7.17. The van der Waals surface area contributed by atoms with Crippen LogP contribution in [0.1, 0.15) is 28.8 Å². The summed E-state index contributed by atoms with van der Waals surface area (Å²) in [5.74, 6) is 2.09. The Hall–Kier alpha value is -1.59. The summed E-state index contributed by atoms with van der Waals surface area (Å²) in [7, 11) is 0. The lowest BCUT2D eigenvalue weighted by Gasteiger charge is -2.18. The van der Waals surface area contributed by atoms with Gasteiger partial charge in [0.05, 0.1) is 16.4 Å². The van der Waals surface area contributed by atoms with Crippen molar-refractivity contribution in [3.63, 3.8) is 0 Å². The second kappa shape index (κ2) is 6.03. The maximum atomic E-state index is 12.3. The minimum atomic E-state index is -0.0195. The van der Waals surface area contributed by atoms with E-state index in [1.807, 2.05) is 38.1 Å². The first kappa shape index (κ1) is 14.4. The number of ether oxygens (including phenoxy) is 1. The number of rotatable bonds is 4. The Bertz CT molecular complexity index is 625. The summed E-state index contributed by atoms with van der Waals surface area (Å²) in [6, 6.07) is 7.78. The molecule has 1 saturated heterocycles. The van der Waals surface area contributed by atoms with Crippen molar-refractivity contribution < 1.29 is 13.9 Å². The van der Waals surface area contributed by atoms with Gasteiger partial charge in [-0.25, -0.2) is 0 Å². The fourth-order valence-electron chi connectivity index (χ4n) is 2.50. The monoisotopic (exact) mass is 305 g/mol. The Kier molecular flexibility index (Phi) is 4.12. The molecule has 0 spiro atoms. The Balaban J connectivity index is 1.66. The van der Waals surface area contributed by atoms with Crippen molar-refractivity contribution in [2.24, 2.45) is 5.92 Å². The van der Waals surface area contributed by atoms with Gasteiger partial charge in [-0.05, 0) is 44.5 Å². The molecule has 0 radical (unpaired) electrons. The highest BCUT2D eigenvalue weighted by atomic mass is 32.1. The molecule has 4 nitrogen and oxygen atoms in total. The van der Waals surface area contributed by atoms with Gasteiger partial charge in [0.1, 0.15) is 11.5 Å². The third-order valence-electron chi connectivity index (χ3n) is 3.84. The molecule has 5 heteroatoms. The summed E-state index contributed by atoms with van der Waals surface area (Å²) in [6.45, 7) is 5.49. The van der Waals surface area contributed by atoms with Crippen LogP contribution in [-0.2, 0) is 4.74 Å². The van der Waals surface area contributed by atoms with E-state index in [0.29, 0.717) is 10.8 Å². The molecule has 0 saturated carbocycles. The van der Waals surface area contributed by atoms with E-state index in [2.05, 4.69) is 5.32 Å². The minimum Gasteiger partial charge on any atom is -0.461 e. The van der Waals surface area contributed by atoms with Gasteiger partial charge in [-0.2, -0.15) is 0 Å². The fraction of sp³-hybridized carbons (Fsp3) is 0.438. The second-order valence-electron chi connectivity index (χ2n) is 5.46. The normalized spacial score (nSPS) is 19.6. The summed E-state index contributed by atoms with van der Waals surface area (Å²) < 4.78 is 11.0. The van der Waals surface area contributed by atoms with Crippen molar-refractivity contribution in [1.29, 1.82) is 0 Å². The number of hydrogen-bond donors (Lipinski definition) is 1. The lowest BCUT2D eigenvalue weighted by atomic mass is 10.0. The van der Waals surface area contributed by atoms with Gasteiger partial charge in [0.2, 0.25) is 0 Å². The molecule has 112 valence electrons. The fourth-order valence-corrected chi connectivity index (χ4v) is 3.37. The number of carbonyl (C=O) groups excluding carboxylic acids is 1. The Morgan fingerprint density at radius 3 is 2.90 bits per heavy atom. The zero-order chi connectivity index (χ0) is 14.8. The van der Waals surface area contributed by atoms with E-state index in [1.54, 1.807) is 0 Å². The van der Waals surface area contributed by atoms with Crippen molar-refractivity contribution in [2.45, 2.75) is 26.3 Å². The molecule has 0 bridgehead atoms. The molecule has 2 aromatic rings. The first-order chi connectivity index (χ1) is 10.1. The van der Waals surface area contributed by atoms with Crippen LogP contribution in [0.4, 0.5) is 0 Å². The van der Waals surface area contributed by atoms with Gasteiger partial charge >= 0.3 is 0 Å². The van der Waals surface area contributed by atoms with Crippen LogP contribution in [0.3, 0.4) is 0 Å². The van der Waals surface area contributed by atoms with Crippen molar-refractivity contribution in [2.75, 3.05) is 13.2 Å². The standard InChI is InChI=1S/C16H19NO3S/c1-10-3-4-13(20-10)14-5-6-15(21-14)16(18)17-11(2)12-7-8-19-9-12/h3-6,11-12H,7-9H2,1-2H3,(H,17,18)/t11-,12-/m1/s1. The van der Waals surface area contributed by atoms with Crippen LogP contribution < -0.4 is 5.32 Å². The van der Waals surface area contributed by atoms with Crippen LogP contribution >= 0.6 is 11.3 Å². The lowest BCUT2D eigenvalue weighted by Crippen LogP contribution is -2.38. The van der Waals surface area contributed by atoms with E-state index in [9.17, 15) is 4.79 Å². The Labute approximate surface area is 128 Å². The molecule has 1 aliphatic heterocycles. The topological polar surface area (TPSA) is 51.5 Å². The van der Waals surface area contributed by atoms with Crippen LogP contribution in [-0.4, -0.2) is 25.2 Å². The number of hydrogen-bond acceptors (Lipinski definition) is 4. The van der Waals surface area contributed by atoms with Crippen molar-refractivity contribution in [1.82, 2.24) is 5.32 Å². The molecular formula is C16H19NO3S. The smallest absolute Gasteiger partial charge is 0.261 e. The molecule has 2 aromatic heterocycles. The molecule has 3 rings (SSSR count). The van der Waals surface area contributed by atoms with E-state index < -0.39 is 0 Å². The molecular weight excluding hydrogens is 286 g/mol. The third kappa shape index (κ3) is 3.19. The Morgan fingerprint density at radius 1 is 1.38 bits per heavy atom. The quantitative estimate of drug-likeness (QED) is 0.941.